The van der Waals surface area contributed by atoms with E-state index in [0.717, 1.165) is 71.4 Å². The smallest absolute Gasteiger partial charge is 0.387 e. The Labute approximate surface area is 557 Å². The highest BCUT2D eigenvalue weighted by Gasteiger charge is 2.16. The van der Waals surface area contributed by atoms with Crippen LogP contribution in [0, 0.1) is 12.8 Å². The van der Waals surface area contributed by atoms with E-state index in [1.54, 1.807) is 55.7 Å². The van der Waals surface area contributed by atoms with Crippen molar-refractivity contribution in [3.63, 3.8) is 0 Å². The number of halogens is 2. The summed E-state index contributed by atoms with van der Waals surface area (Å²) in [6.07, 6.45) is 16.1. The zero-order valence-electron chi connectivity index (χ0n) is 56.0. The molecule has 0 aliphatic heterocycles. The summed E-state index contributed by atoms with van der Waals surface area (Å²) in [6.45, 7) is 19.8. The van der Waals surface area contributed by atoms with Crippen molar-refractivity contribution in [3.8, 4) is 5.75 Å². The lowest BCUT2D eigenvalue weighted by atomic mass is 10.1. The fraction of sp³-hybridized carbons (Fsp3) is 0.464. The molecule has 4 rings (SSSR count). The summed E-state index contributed by atoms with van der Waals surface area (Å²) in [6, 6.07) is 19.7. The van der Waals surface area contributed by atoms with Crippen molar-refractivity contribution >= 4 is 70.0 Å². The van der Waals surface area contributed by atoms with Crippen LogP contribution >= 0.6 is 0 Å². The monoisotopic (exact) mass is 1320 g/mol. The number of fused-ring (bicyclic) bond motifs is 1. The van der Waals surface area contributed by atoms with E-state index >= 15 is 0 Å². The van der Waals surface area contributed by atoms with Gasteiger partial charge >= 0.3 is 6.61 Å². The molecule has 95 heavy (non-hydrogen) atoms. The van der Waals surface area contributed by atoms with Crippen LogP contribution in [-0.2, 0) is 44.6 Å². The molecule has 0 saturated heterocycles. The number of hydrazone groups is 1. The SMILES string of the molecule is C=C/C(=C\N=C(OCCOCCN=C/C(COCCOCCOCCOCCNC(=O)CCCNC(=O)c1ccc(NCC(\C=C\CCC)=N/C(=C(O)/N=C(\C)N)C(/C)=C/CCC)cc1)=N\N)C(C)CC)c1ccc2nc(C)n(Cc3ccccc3OC(F)F)c2c1.O=CO. The molecular formula is C69H98F2N12O12. The van der Waals surface area contributed by atoms with Gasteiger partial charge in [-0.2, -0.15) is 18.9 Å². The van der Waals surface area contributed by atoms with Crippen molar-refractivity contribution in [1.82, 2.24) is 20.2 Å². The number of nitrogens with zero attached hydrogens (tertiary/aromatic N) is 7. The number of carboxylic acid groups (broad SMARTS) is 1. The molecule has 24 nitrogen and oxygen atoms in total. The third kappa shape index (κ3) is 33.1. The van der Waals surface area contributed by atoms with E-state index in [1.165, 1.54) is 6.07 Å². The third-order valence-electron chi connectivity index (χ3n) is 13.7. The van der Waals surface area contributed by atoms with Gasteiger partial charge < -0.3 is 75.5 Å². The number of nitrogens with one attached hydrogen (secondary N) is 3. The fourth-order valence-electron chi connectivity index (χ4n) is 8.53. The quantitative estimate of drug-likeness (QED) is 0.00316. The number of aliphatic hydroxyl groups excluding tert-OH is 1. The predicted octanol–water partition coefficient (Wildman–Crippen LogP) is 10.5. The van der Waals surface area contributed by atoms with Gasteiger partial charge in [-0.05, 0) is 112 Å². The van der Waals surface area contributed by atoms with E-state index in [2.05, 4.69) is 58.4 Å². The second kappa shape index (κ2) is 48.7. The lowest BCUT2D eigenvalue weighted by Gasteiger charge is -2.14. The van der Waals surface area contributed by atoms with Gasteiger partial charge in [0.2, 0.25) is 11.8 Å². The first kappa shape index (κ1) is 80.3. The summed E-state index contributed by atoms with van der Waals surface area (Å²) in [7, 11) is 0. The maximum atomic E-state index is 13.1. The molecule has 0 bridgehead atoms. The summed E-state index contributed by atoms with van der Waals surface area (Å²) < 4.78 is 67.2. The Hall–Kier alpha value is -8.95. The number of unbranched alkanes of at least 4 members (excludes halogenated alkanes) is 2. The molecule has 0 aliphatic rings. The number of aliphatic hydroxyl groups is 1. The van der Waals surface area contributed by atoms with Crippen LogP contribution in [0.2, 0.25) is 0 Å². The molecule has 26 heteroatoms. The van der Waals surface area contributed by atoms with Crippen LogP contribution in [0.5, 0.6) is 5.75 Å². The number of aromatic nitrogens is 2. The molecule has 0 spiro atoms. The highest BCUT2D eigenvalue weighted by molar-refractivity contribution is 6.31. The van der Waals surface area contributed by atoms with Crippen molar-refractivity contribution in [2.45, 2.75) is 107 Å². The molecule has 2 amide bonds. The van der Waals surface area contributed by atoms with Crippen LogP contribution < -0.4 is 32.3 Å². The van der Waals surface area contributed by atoms with Crippen molar-refractivity contribution in [1.29, 1.82) is 0 Å². The van der Waals surface area contributed by atoms with Crippen molar-refractivity contribution in [2.24, 2.45) is 42.6 Å². The minimum Gasteiger partial charge on any atom is -0.492 e. The fourth-order valence-corrected chi connectivity index (χ4v) is 8.53. The topological polar surface area (TPSA) is 324 Å². The Bertz CT molecular complexity index is 3230. The molecule has 0 saturated carbocycles. The van der Waals surface area contributed by atoms with Crippen LogP contribution in [0.15, 0.2) is 146 Å². The summed E-state index contributed by atoms with van der Waals surface area (Å²) in [5.74, 6) is 6.60. The van der Waals surface area contributed by atoms with Crippen LogP contribution in [-0.4, -0.2) is 173 Å². The van der Waals surface area contributed by atoms with Crippen LogP contribution in [0.4, 0.5) is 14.5 Å². The number of carbonyl (C=O) groups excluding carboxylic acids is 2. The lowest BCUT2D eigenvalue weighted by molar-refractivity contribution is -0.123. The lowest BCUT2D eigenvalue weighted by Crippen LogP contribution is -2.29. The Kier molecular flexibility index (Phi) is 41.2. The first-order chi connectivity index (χ1) is 46.0. The number of aryl methyl sites for hydroxylation is 1. The van der Waals surface area contributed by atoms with Gasteiger partial charge in [-0.3, -0.25) is 19.4 Å². The number of carbonyl (C=O) groups is 3. The third-order valence-corrected chi connectivity index (χ3v) is 13.7. The van der Waals surface area contributed by atoms with E-state index in [4.69, 9.17) is 69.6 Å². The van der Waals surface area contributed by atoms with Gasteiger partial charge in [0.15, 0.2) is 5.90 Å². The van der Waals surface area contributed by atoms with Gasteiger partial charge in [-0.1, -0.05) is 89.6 Å². The highest BCUT2D eigenvalue weighted by atomic mass is 19.3. The first-order valence-electron chi connectivity index (χ1n) is 31.8. The van der Waals surface area contributed by atoms with E-state index in [9.17, 15) is 23.5 Å². The number of para-hydroxylation sites is 1. The summed E-state index contributed by atoms with van der Waals surface area (Å²) in [5, 5.41) is 30.5. The van der Waals surface area contributed by atoms with Crippen LogP contribution in [0.1, 0.15) is 114 Å². The second-order valence-corrected chi connectivity index (χ2v) is 21.1. The number of allylic oxidation sites excluding steroid dienone is 5. The Morgan fingerprint density at radius 2 is 1.49 bits per heavy atom. The maximum absolute atomic E-state index is 13.1. The van der Waals surface area contributed by atoms with Crippen molar-refractivity contribution in [3.05, 3.63) is 143 Å². The van der Waals surface area contributed by atoms with Crippen LogP contribution in [0.25, 0.3) is 16.6 Å². The van der Waals surface area contributed by atoms with E-state index in [-0.39, 0.29) is 61.3 Å². The van der Waals surface area contributed by atoms with Gasteiger partial charge in [0.1, 0.15) is 29.6 Å². The molecule has 0 aliphatic carbocycles. The molecule has 1 atom stereocenters. The molecule has 1 heterocycles. The maximum Gasteiger partial charge on any atom is 0.387 e. The zero-order chi connectivity index (χ0) is 69.4. The minimum atomic E-state index is -2.93. The van der Waals surface area contributed by atoms with Gasteiger partial charge in [-0.15, -0.1) is 0 Å². The number of hydrogen-bond acceptors (Lipinski definition) is 19. The predicted molar refractivity (Wildman–Crippen MR) is 372 cm³/mol. The van der Waals surface area contributed by atoms with Gasteiger partial charge in [-0.25, -0.2) is 15.0 Å². The number of anilines is 1. The Morgan fingerprint density at radius 3 is 2.16 bits per heavy atom. The summed E-state index contributed by atoms with van der Waals surface area (Å²) in [5.41, 5.74) is 13.1. The number of amidine groups is 1. The van der Waals surface area contributed by atoms with Crippen molar-refractivity contribution < 1.29 is 66.5 Å². The van der Waals surface area contributed by atoms with Crippen molar-refractivity contribution in [2.75, 3.05) is 104 Å². The van der Waals surface area contributed by atoms with E-state index in [1.807, 2.05) is 73.9 Å². The molecule has 520 valence electrons. The Balaban J connectivity index is 0.00000768. The number of aliphatic imine (C=N–C) groups is 4. The average Bonchev–Trinajstić information content (AvgIpc) is 1.66. The van der Waals surface area contributed by atoms with Gasteiger partial charge in [0.25, 0.3) is 12.4 Å². The number of amides is 2. The number of hydrogen-bond donors (Lipinski definition) is 7. The summed E-state index contributed by atoms with van der Waals surface area (Å²) >= 11 is 0. The van der Waals surface area contributed by atoms with E-state index in [0.29, 0.717) is 133 Å². The Morgan fingerprint density at radius 1 is 0.832 bits per heavy atom. The van der Waals surface area contributed by atoms with Crippen LogP contribution in [0.3, 0.4) is 0 Å². The molecule has 0 fully saturated rings. The number of alkyl halides is 2. The standard InChI is InChI=1S/C68H96F2N12O10.CH2O2/c1-9-13-15-21-58(80-64(50(6)19-14-10-2)66(85)78-51(7)71)46-76-57-27-24-54(25-28-57)65(84)75-30-18-23-63(83)74-32-34-87-35-36-88-37-38-89-39-40-90-48-59(81-72)45-73-31-33-86-41-42-91-67(49(5)11-3)77-44-53(12-4)55-26-29-60-61(43-55)82(52(8)79-60)47-56-20-16-17-22-62(56)92-68(69)70;2-1-3/h12,15-17,19-22,24-29,43-45,49,68,76,85H,4,9-11,13-14,18,23,30-42,46-48,72H2,1-3,5-8H3,(H2,71,78)(H,74,83)(H,75,84);1H,(H,2,3)/b21-15+,50-19+,53-44+,66-64-,73-45?,77-67?,80-58-,81-59+;. The molecule has 3 aromatic carbocycles. The number of ether oxygens (including phenoxy) is 7. The largest absolute Gasteiger partial charge is 0.492 e. The molecular weight excluding hydrogens is 1230 g/mol. The summed E-state index contributed by atoms with van der Waals surface area (Å²) in [4.78, 5) is 56.2. The van der Waals surface area contributed by atoms with E-state index < -0.39 is 6.61 Å². The zero-order valence-corrected chi connectivity index (χ0v) is 56.0. The number of imidazole rings is 1. The van der Waals surface area contributed by atoms with Gasteiger partial charge in [0.05, 0.1) is 108 Å². The minimum absolute atomic E-state index is 0.0398. The number of nitrogens with two attached hydrogens (primary N) is 2. The number of rotatable bonds is 46. The first-order valence-corrected chi connectivity index (χ1v) is 31.8. The normalized spacial score (nSPS) is 13.2. The van der Waals surface area contributed by atoms with Gasteiger partial charge in [0, 0.05) is 54.7 Å². The molecule has 1 unspecified atom stereocenters. The number of benzene rings is 3. The second-order valence-electron chi connectivity index (χ2n) is 21.1. The molecule has 1 aromatic heterocycles. The molecule has 0 radical (unpaired) electrons. The highest BCUT2D eigenvalue weighted by Crippen LogP contribution is 2.28. The molecule has 9 N–H and O–H groups in total. The molecule has 4 aromatic rings. The average molecular weight is 1330 g/mol.